The zero-order chi connectivity index (χ0) is 37.1. The zero-order valence-corrected chi connectivity index (χ0v) is 30.3. The number of methoxy groups -OCH3 is 1. The van der Waals surface area contributed by atoms with Gasteiger partial charge in [0.1, 0.15) is 35.5 Å². The van der Waals surface area contributed by atoms with E-state index in [0.717, 1.165) is 16.7 Å². The molecule has 272 valence electrons. The van der Waals surface area contributed by atoms with Crippen LogP contribution in [0.2, 0.25) is 0 Å². The lowest BCUT2D eigenvalue weighted by molar-refractivity contribution is -0.153. The number of carbonyl (C=O) groups excluding carboxylic acids is 3. The molecule has 3 aromatic carbocycles. The summed E-state index contributed by atoms with van der Waals surface area (Å²) in [4.78, 5) is 62.8. The molecular formula is C38H35N5O8S2. The molecule has 3 N–H and O–H groups in total. The van der Waals surface area contributed by atoms with Crippen LogP contribution in [-0.2, 0) is 39.0 Å². The number of fused-ring (bicyclic) bond motifs is 1. The van der Waals surface area contributed by atoms with Gasteiger partial charge in [0, 0.05) is 11.1 Å². The molecule has 0 unspecified atom stereocenters. The number of carboxylic acid groups (broad SMARTS) is 1. The van der Waals surface area contributed by atoms with Crippen molar-refractivity contribution in [2.75, 3.05) is 25.3 Å². The number of esters is 1. The van der Waals surface area contributed by atoms with Gasteiger partial charge in [-0.3, -0.25) is 14.5 Å². The molecule has 4 heterocycles. The van der Waals surface area contributed by atoms with E-state index in [1.54, 1.807) is 5.38 Å². The normalized spacial score (nSPS) is 21.4. The topological polar surface area (TPSA) is 169 Å². The van der Waals surface area contributed by atoms with Crippen LogP contribution >= 0.6 is 23.1 Å². The number of aliphatic carboxylic acids is 1. The average molecular weight is 754 g/mol. The number of oxime groups is 1. The molecule has 3 aliphatic heterocycles. The van der Waals surface area contributed by atoms with Crippen molar-refractivity contribution < 1.29 is 38.6 Å². The van der Waals surface area contributed by atoms with Crippen LogP contribution in [0.1, 0.15) is 35.2 Å². The number of carbonyl (C=O) groups is 4. The highest BCUT2D eigenvalue weighted by molar-refractivity contribution is 8.00. The lowest BCUT2D eigenvalue weighted by Crippen LogP contribution is -2.71. The largest absolute Gasteiger partial charge is 0.477 e. The Kier molecular flexibility index (Phi) is 10.3. The van der Waals surface area contributed by atoms with Crippen molar-refractivity contribution in [2.24, 2.45) is 5.16 Å². The fourth-order valence-electron chi connectivity index (χ4n) is 6.97. The minimum absolute atomic E-state index is 0.156. The third kappa shape index (κ3) is 6.67. The second kappa shape index (κ2) is 15.2. The summed E-state index contributed by atoms with van der Waals surface area (Å²) < 4.78 is 10.6. The first kappa shape index (κ1) is 35.9. The van der Waals surface area contributed by atoms with Gasteiger partial charge in [-0.1, -0.05) is 96.2 Å². The van der Waals surface area contributed by atoms with Gasteiger partial charge in [-0.2, -0.15) is 0 Å². The molecule has 4 aromatic rings. The van der Waals surface area contributed by atoms with E-state index in [-0.39, 0.29) is 22.9 Å². The Morgan fingerprint density at radius 1 is 0.943 bits per heavy atom. The van der Waals surface area contributed by atoms with Gasteiger partial charge in [-0.25, -0.2) is 14.6 Å². The summed E-state index contributed by atoms with van der Waals surface area (Å²) in [6.07, 6.45) is -0.683. The summed E-state index contributed by atoms with van der Waals surface area (Å²) in [6, 6.07) is 29.0. The molecule has 15 heteroatoms. The summed E-state index contributed by atoms with van der Waals surface area (Å²) in [6.45, 7) is 0. The van der Waals surface area contributed by atoms with Crippen LogP contribution in [0.5, 0.6) is 0 Å². The van der Waals surface area contributed by atoms with Crippen LogP contribution in [-0.4, -0.2) is 88.1 Å². The molecule has 53 heavy (non-hydrogen) atoms. The van der Waals surface area contributed by atoms with Gasteiger partial charge in [0.2, 0.25) is 0 Å². The number of benzene rings is 3. The number of carboxylic acids is 1. The van der Waals surface area contributed by atoms with Gasteiger partial charge in [-0.15, -0.1) is 23.1 Å². The number of thioether (sulfide) groups is 1. The second-order valence-electron chi connectivity index (χ2n) is 12.4. The molecule has 0 radical (unpaired) electrons. The number of nitrogens with zero attached hydrogens (tertiary/aromatic N) is 3. The van der Waals surface area contributed by atoms with Crippen molar-refractivity contribution in [1.82, 2.24) is 15.2 Å². The maximum absolute atomic E-state index is 13.8. The maximum atomic E-state index is 13.8. The fraction of sp³-hybridized carbons (Fsp3) is 0.263. The number of β-lactam (4-membered cyclic amide) rings is 1. The number of aromatic nitrogens is 1. The van der Waals surface area contributed by atoms with E-state index in [0.29, 0.717) is 23.5 Å². The van der Waals surface area contributed by atoms with E-state index < -0.39 is 52.9 Å². The lowest BCUT2D eigenvalue weighted by Gasteiger charge is -2.49. The predicted molar refractivity (Wildman–Crippen MR) is 198 cm³/mol. The number of nitrogens with one attached hydrogen (secondary N) is 2. The highest BCUT2D eigenvalue weighted by Crippen LogP contribution is 2.44. The first-order chi connectivity index (χ1) is 25.8. The quantitative estimate of drug-likeness (QED) is 0.0618. The van der Waals surface area contributed by atoms with Crippen LogP contribution in [0.3, 0.4) is 0 Å². The van der Waals surface area contributed by atoms with E-state index >= 15 is 0 Å². The molecule has 3 aliphatic rings. The molecule has 0 saturated carbocycles. The molecule has 2 amide bonds. The van der Waals surface area contributed by atoms with Crippen LogP contribution in [0, 0.1) is 0 Å². The molecule has 1 aromatic heterocycles. The van der Waals surface area contributed by atoms with Gasteiger partial charge in [0.15, 0.2) is 16.9 Å². The van der Waals surface area contributed by atoms with Gasteiger partial charge >= 0.3 is 11.9 Å². The van der Waals surface area contributed by atoms with Crippen molar-refractivity contribution >= 4 is 57.7 Å². The summed E-state index contributed by atoms with van der Waals surface area (Å²) in [5.74, 6) is -2.91. The first-order valence-corrected chi connectivity index (χ1v) is 18.7. The predicted octanol–water partition coefficient (Wildman–Crippen LogP) is 4.36. The Labute approximate surface area is 313 Å². The summed E-state index contributed by atoms with van der Waals surface area (Å²) in [5.41, 5.74) is 2.31. The maximum Gasteiger partial charge on any atom is 0.352 e. The summed E-state index contributed by atoms with van der Waals surface area (Å²) in [7, 11) is 2.56. The molecule has 0 bridgehead atoms. The van der Waals surface area contributed by atoms with Gasteiger partial charge < -0.3 is 30.1 Å². The van der Waals surface area contributed by atoms with E-state index in [2.05, 4.69) is 15.8 Å². The Balaban J connectivity index is 1.13. The number of hydrogen-bond donors (Lipinski definition) is 3. The number of ether oxygens (including phenoxy) is 2. The van der Waals surface area contributed by atoms with Gasteiger partial charge in [0.05, 0.1) is 13.2 Å². The number of hydrogen-bond acceptors (Lipinski definition) is 12. The van der Waals surface area contributed by atoms with Gasteiger partial charge in [-0.05, 0) is 35.1 Å². The first-order valence-electron chi connectivity index (χ1n) is 16.7. The summed E-state index contributed by atoms with van der Waals surface area (Å²) in [5, 5.41) is 22.0. The average Bonchev–Trinajstić information content (AvgIpc) is 3.88. The van der Waals surface area contributed by atoms with Crippen molar-refractivity contribution in [3.05, 3.63) is 130 Å². The minimum atomic E-state index is -1.30. The van der Waals surface area contributed by atoms with E-state index in [1.807, 2.05) is 91.0 Å². The molecule has 2 saturated heterocycles. The van der Waals surface area contributed by atoms with Crippen LogP contribution < -0.4 is 10.6 Å². The number of anilines is 1. The van der Waals surface area contributed by atoms with Crippen LogP contribution in [0.4, 0.5) is 5.13 Å². The highest BCUT2D eigenvalue weighted by Gasteiger charge is 2.55. The van der Waals surface area contributed by atoms with Crippen molar-refractivity contribution in [3.63, 3.8) is 0 Å². The monoisotopic (exact) mass is 753 g/mol. The van der Waals surface area contributed by atoms with Crippen molar-refractivity contribution in [2.45, 2.75) is 42.0 Å². The number of rotatable bonds is 12. The lowest BCUT2D eigenvalue weighted by atomic mass is 9.77. The van der Waals surface area contributed by atoms with Crippen LogP contribution in [0.25, 0.3) is 0 Å². The fourth-order valence-corrected chi connectivity index (χ4v) is 9.13. The van der Waals surface area contributed by atoms with Crippen LogP contribution in [0.15, 0.2) is 113 Å². The Bertz CT molecular complexity index is 1980. The number of amides is 2. The van der Waals surface area contributed by atoms with Crippen molar-refractivity contribution in [3.8, 4) is 0 Å². The highest BCUT2D eigenvalue weighted by atomic mass is 32.2. The smallest absolute Gasteiger partial charge is 0.352 e. The molecule has 0 aliphatic carbocycles. The molecule has 2 fully saturated rings. The standard InChI is InChI=1S/C38H35N5O8S2/c1-49-36(48)28-19-18-27(51-28)25-20-52-34-30(33(45)43(34)31(25)35(46)47)40-32(44)29(42-50-2)26-21-53-37(39-26)41-38(22-12-6-3-7-13-22,23-14-8-4-9-15-23)24-16-10-5-11-17-24/h3-17,21,27-28,30,34H,18-20H2,1-2H3,(H,39,41)(H,40,44)(H,46,47)/b42-29-/t27-,28+,30-,34-/m1/s1. The second-order valence-corrected chi connectivity index (χ2v) is 14.4. The van der Waals surface area contributed by atoms with Crippen molar-refractivity contribution in [1.29, 1.82) is 0 Å². The van der Waals surface area contributed by atoms with E-state index in [1.165, 1.54) is 42.2 Å². The Morgan fingerprint density at radius 2 is 1.55 bits per heavy atom. The summed E-state index contributed by atoms with van der Waals surface area (Å²) >= 11 is 2.58. The van der Waals surface area contributed by atoms with Gasteiger partial charge in [0.25, 0.3) is 11.8 Å². The number of thiazole rings is 1. The third-order valence-corrected chi connectivity index (χ3v) is 11.5. The Hall–Kier alpha value is -5.51. The van der Waals surface area contributed by atoms with E-state index in [4.69, 9.17) is 19.3 Å². The molecule has 13 nitrogen and oxygen atoms in total. The van der Waals surface area contributed by atoms with E-state index in [9.17, 15) is 24.3 Å². The SMILES string of the molecule is CO/N=C(\C(=O)N[C@@H]1C(=O)N2C(C(=O)O)=C([C@H]3CC[C@@H](C(=O)OC)O3)CS[C@H]12)c1csc(NC(c2ccccc2)(c2ccccc2)c2ccccc2)n1. The zero-order valence-electron chi connectivity index (χ0n) is 28.6. The minimum Gasteiger partial charge on any atom is -0.477 e. The Morgan fingerprint density at radius 3 is 2.09 bits per heavy atom. The molecular weight excluding hydrogens is 719 g/mol. The third-order valence-electron chi connectivity index (χ3n) is 9.42. The molecule has 7 rings (SSSR count). The molecule has 4 atom stereocenters. The molecule has 0 spiro atoms.